The summed E-state index contributed by atoms with van der Waals surface area (Å²) in [7, 11) is 0. The first-order valence-electron chi connectivity index (χ1n) is 5.83. The Kier molecular flexibility index (Phi) is 8.78. The Morgan fingerprint density at radius 2 is 1.93 bits per heavy atom. The molecule has 0 aliphatic heterocycles. The Hall–Kier alpha value is -0.480. The molecule has 0 heterocycles. The third-order valence-corrected chi connectivity index (χ3v) is 2.74. The maximum absolute atomic E-state index is 9.89. The van der Waals surface area contributed by atoms with Crippen LogP contribution in [0.4, 0.5) is 0 Å². The number of hydrogen-bond donors (Lipinski definition) is 1. The molecule has 0 saturated carbocycles. The van der Waals surface area contributed by atoms with E-state index in [2.05, 4.69) is 25.7 Å². The molecule has 0 bridgehead atoms. The minimum atomic E-state index is -0.146. The van der Waals surface area contributed by atoms with Crippen molar-refractivity contribution < 1.29 is 5.11 Å². The van der Waals surface area contributed by atoms with Gasteiger partial charge in [0.1, 0.15) is 0 Å². The number of hydrogen-bond acceptors (Lipinski definition) is 1. The Morgan fingerprint density at radius 3 is 2.43 bits per heavy atom. The molecule has 2 unspecified atom stereocenters. The fourth-order valence-electron chi connectivity index (χ4n) is 1.72. The lowest BCUT2D eigenvalue weighted by molar-refractivity contribution is 0.0917. The molecular weight excluding hydrogens is 172 g/mol. The zero-order valence-electron chi connectivity index (χ0n) is 9.84. The second-order valence-corrected chi connectivity index (χ2v) is 3.84. The predicted octanol–water partition coefficient (Wildman–Crippen LogP) is 3.37. The third-order valence-electron chi connectivity index (χ3n) is 2.74. The topological polar surface area (TPSA) is 20.2 Å². The highest BCUT2D eigenvalue weighted by Gasteiger charge is 2.15. The molecule has 0 aromatic rings. The van der Waals surface area contributed by atoms with Gasteiger partial charge in [0, 0.05) is 6.42 Å². The molecule has 0 saturated heterocycles. The lowest BCUT2D eigenvalue weighted by Gasteiger charge is -2.20. The van der Waals surface area contributed by atoms with Crippen LogP contribution in [0.2, 0.25) is 0 Å². The Bertz CT molecular complexity index is 175. The second-order valence-electron chi connectivity index (χ2n) is 3.84. The molecule has 1 nitrogen and oxygen atoms in total. The van der Waals surface area contributed by atoms with Crippen LogP contribution in [0.5, 0.6) is 0 Å². The molecule has 0 radical (unpaired) electrons. The van der Waals surface area contributed by atoms with Crippen LogP contribution in [-0.4, -0.2) is 11.2 Å². The van der Waals surface area contributed by atoms with E-state index in [4.69, 9.17) is 0 Å². The molecule has 0 aliphatic carbocycles. The van der Waals surface area contributed by atoms with Crippen molar-refractivity contribution in [2.24, 2.45) is 5.92 Å². The lowest BCUT2D eigenvalue weighted by atomic mass is 9.91. The summed E-state index contributed by atoms with van der Waals surface area (Å²) in [6, 6.07) is 0. The van der Waals surface area contributed by atoms with Gasteiger partial charge in [-0.1, -0.05) is 33.1 Å². The summed E-state index contributed by atoms with van der Waals surface area (Å²) in [5.74, 6) is 6.35. The maximum Gasteiger partial charge on any atom is 0.0577 e. The smallest absolute Gasteiger partial charge is 0.0577 e. The summed E-state index contributed by atoms with van der Waals surface area (Å²) in [6.07, 6.45) is 6.22. The van der Waals surface area contributed by atoms with Gasteiger partial charge < -0.3 is 5.11 Å². The number of aliphatic hydroxyl groups excluding tert-OH is 1. The van der Waals surface area contributed by atoms with Crippen LogP contribution in [0.3, 0.4) is 0 Å². The standard InChI is InChI=1S/C13H24O/c1-4-7-9-11-13(14)12(6-3)10-8-5-2/h12-14H,5-6,8-11H2,1-3H3. The average molecular weight is 196 g/mol. The molecule has 2 atom stereocenters. The third kappa shape index (κ3) is 6.05. The SMILES string of the molecule is CC#CCCC(O)C(CC)CCCC. The highest BCUT2D eigenvalue weighted by molar-refractivity contribution is 4.95. The molecule has 0 aliphatic rings. The van der Waals surface area contributed by atoms with Crippen LogP contribution >= 0.6 is 0 Å². The molecule has 14 heavy (non-hydrogen) atoms. The van der Waals surface area contributed by atoms with Crippen LogP contribution in [0.15, 0.2) is 0 Å². The van der Waals surface area contributed by atoms with Crippen LogP contribution in [0.1, 0.15) is 59.3 Å². The van der Waals surface area contributed by atoms with Gasteiger partial charge >= 0.3 is 0 Å². The fraction of sp³-hybridized carbons (Fsp3) is 0.846. The quantitative estimate of drug-likeness (QED) is 0.619. The van der Waals surface area contributed by atoms with E-state index < -0.39 is 0 Å². The highest BCUT2D eigenvalue weighted by Crippen LogP contribution is 2.19. The summed E-state index contributed by atoms with van der Waals surface area (Å²) in [6.45, 7) is 6.21. The van der Waals surface area contributed by atoms with E-state index in [0.29, 0.717) is 5.92 Å². The maximum atomic E-state index is 9.89. The van der Waals surface area contributed by atoms with Crippen molar-refractivity contribution in [1.29, 1.82) is 0 Å². The fourth-order valence-corrected chi connectivity index (χ4v) is 1.72. The van der Waals surface area contributed by atoms with Crippen molar-refractivity contribution in [3.05, 3.63) is 0 Å². The second kappa shape index (κ2) is 9.09. The van der Waals surface area contributed by atoms with Crippen molar-refractivity contribution in [3.63, 3.8) is 0 Å². The van der Waals surface area contributed by atoms with Gasteiger partial charge in [-0.05, 0) is 25.7 Å². The molecule has 0 aromatic heterocycles. The van der Waals surface area contributed by atoms with Crippen molar-refractivity contribution in [1.82, 2.24) is 0 Å². The van der Waals surface area contributed by atoms with Gasteiger partial charge in [0.2, 0.25) is 0 Å². The minimum absolute atomic E-state index is 0.146. The predicted molar refractivity (Wildman–Crippen MR) is 62.0 cm³/mol. The van der Waals surface area contributed by atoms with Gasteiger partial charge in [0.05, 0.1) is 6.10 Å². The summed E-state index contributed by atoms with van der Waals surface area (Å²) in [5.41, 5.74) is 0. The van der Waals surface area contributed by atoms with E-state index in [-0.39, 0.29) is 6.10 Å². The van der Waals surface area contributed by atoms with Gasteiger partial charge in [-0.25, -0.2) is 0 Å². The molecule has 82 valence electrons. The van der Waals surface area contributed by atoms with Gasteiger partial charge in [0.25, 0.3) is 0 Å². The van der Waals surface area contributed by atoms with E-state index in [0.717, 1.165) is 25.7 Å². The van der Waals surface area contributed by atoms with Crippen molar-refractivity contribution >= 4 is 0 Å². The van der Waals surface area contributed by atoms with Crippen LogP contribution in [-0.2, 0) is 0 Å². The summed E-state index contributed by atoms with van der Waals surface area (Å²) < 4.78 is 0. The van der Waals surface area contributed by atoms with Crippen LogP contribution in [0, 0.1) is 17.8 Å². The van der Waals surface area contributed by atoms with E-state index in [1.807, 2.05) is 6.92 Å². The Balaban J connectivity index is 3.76. The first kappa shape index (κ1) is 13.5. The summed E-state index contributed by atoms with van der Waals surface area (Å²) in [5, 5.41) is 9.89. The first-order valence-corrected chi connectivity index (χ1v) is 5.83. The monoisotopic (exact) mass is 196 g/mol. The summed E-state index contributed by atoms with van der Waals surface area (Å²) >= 11 is 0. The molecule has 0 aromatic carbocycles. The largest absolute Gasteiger partial charge is 0.393 e. The zero-order chi connectivity index (χ0) is 10.8. The van der Waals surface area contributed by atoms with Crippen molar-refractivity contribution in [3.8, 4) is 11.8 Å². The van der Waals surface area contributed by atoms with Gasteiger partial charge in [0.15, 0.2) is 0 Å². The lowest BCUT2D eigenvalue weighted by Crippen LogP contribution is -2.19. The van der Waals surface area contributed by atoms with Gasteiger partial charge in [-0.15, -0.1) is 11.8 Å². The molecular formula is C13H24O. The zero-order valence-corrected chi connectivity index (χ0v) is 9.84. The highest BCUT2D eigenvalue weighted by atomic mass is 16.3. The molecule has 0 spiro atoms. The normalized spacial score (nSPS) is 14.3. The van der Waals surface area contributed by atoms with Gasteiger partial charge in [-0.2, -0.15) is 0 Å². The average Bonchev–Trinajstić information content (AvgIpc) is 2.19. The number of aliphatic hydroxyl groups is 1. The molecule has 0 rings (SSSR count). The van der Waals surface area contributed by atoms with Crippen molar-refractivity contribution in [2.45, 2.75) is 65.4 Å². The number of unbranched alkanes of at least 4 members (excludes halogenated alkanes) is 1. The van der Waals surface area contributed by atoms with Crippen LogP contribution in [0.25, 0.3) is 0 Å². The molecule has 0 amide bonds. The van der Waals surface area contributed by atoms with E-state index in [1.165, 1.54) is 12.8 Å². The molecule has 0 fully saturated rings. The molecule has 1 N–H and O–H groups in total. The minimum Gasteiger partial charge on any atom is -0.393 e. The van der Waals surface area contributed by atoms with Crippen molar-refractivity contribution in [2.75, 3.05) is 0 Å². The Labute approximate surface area is 88.9 Å². The summed E-state index contributed by atoms with van der Waals surface area (Å²) in [4.78, 5) is 0. The van der Waals surface area contributed by atoms with Crippen LogP contribution < -0.4 is 0 Å². The number of rotatable bonds is 7. The first-order chi connectivity index (χ1) is 6.76. The van der Waals surface area contributed by atoms with E-state index in [1.54, 1.807) is 0 Å². The van der Waals surface area contributed by atoms with E-state index >= 15 is 0 Å². The van der Waals surface area contributed by atoms with E-state index in [9.17, 15) is 5.11 Å². The van der Waals surface area contributed by atoms with Gasteiger partial charge in [-0.3, -0.25) is 0 Å². The Morgan fingerprint density at radius 1 is 1.21 bits per heavy atom. The molecule has 1 heteroatoms.